The van der Waals surface area contributed by atoms with Crippen LogP contribution in [0, 0.1) is 0 Å². The second-order valence-electron chi connectivity index (χ2n) is 5.82. The van der Waals surface area contributed by atoms with Crippen LogP contribution in [0.25, 0.3) is 0 Å². The molecule has 0 saturated heterocycles. The van der Waals surface area contributed by atoms with Crippen molar-refractivity contribution < 1.29 is 18.3 Å². The van der Waals surface area contributed by atoms with Gasteiger partial charge in [0, 0.05) is 12.8 Å². The zero-order valence-electron chi connectivity index (χ0n) is 14.2. The highest BCUT2D eigenvalue weighted by Gasteiger charge is 2.23. The van der Waals surface area contributed by atoms with Gasteiger partial charge in [-0.2, -0.15) is 0 Å². The van der Waals surface area contributed by atoms with Gasteiger partial charge in [0.15, 0.2) is 0 Å². The van der Waals surface area contributed by atoms with Gasteiger partial charge in [-0.05, 0) is 25.0 Å². The minimum atomic E-state index is -2.79. The molecule has 2 nitrogen and oxygen atoms in total. The van der Waals surface area contributed by atoms with Crippen LogP contribution in [-0.4, -0.2) is 18.5 Å². The minimum absolute atomic E-state index is 0.0575. The third-order valence-corrected chi connectivity index (χ3v) is 3.55. The Bertz CT molecular complexity index is 301. The number of hydrogen-bond acceptors (Lipinski definition) is 2. The van der Waals surface area contributed by atoms with Crippen molar-refractivity contribution in [2.24, 2.45) is 0 Å². The Kier molecular flexibility index (Phi) is 13.1. The fourth-order valence-corrected chi connectivity index (χ4v) is 2.18. The number of halogens is 2. The van der Waals surface area contributed by atoms with Crippen LogP contribution in [0.4, 0.5) is 8.78 Å². The van der Waals surface area contributed by atoms with E-state index in [-0.39, 0.29) is 19.0 Å². The van der Waals surface area contributed by atoms with Crippen molar-refractivity contribution in [1.82, 2.24) is 0 Å². The van der Waals surface area contributed by atoms with Gasteiger partial charge in [0.1, 0.15) is 6.61 Å². The van der Waals surface area contributed by atoms with Crippen LogP contribution in [0.5, 0.6) is 0 Å². The number of carbonyl (C=O) groups is 1. The molecule has 0 aliphatic heterocycles. The predicted octanol–water partition coefficient (Wildman–Crippen LogP) is 6.05. The van der Waals surface area contributed by atoms with Crippen LogP contribution < -0.4 is 0 Å². The van der Waals surface area contributed by atoms with Crippen molar-refractivity contribution in [3.8, 4) is 0 Å². The van der Waals surface area contributed by atoms with E-state index in [9.17, 15) is 13.6 Å². The summed E-state index contributed by atoms with van der Waals surface area (Å²) in [6, 6.07) is 0. The molecular formula is C18H32F2O2. The number of allylic oxidation sites excluding steroid dienone is 1. The Balaban J connectivity index is 3.63. The average molecular weight is 318 g/mol. The lowest BCUT2D eigenvalue weighted by Gasteiger charge is -2.11. The van der Waals surface area contributed by atoms with Gasteiger partial charge < -0.3 is 4.74 Å². The quantitative estimate of drug-likeness (QED) is 0.221. The molecular weight excluding hydrogens is 286 g/mol. The number of ether oxygens (including phenoxy) is 1. The Labute approximate surface area is 134 Å². The predicted molar refractivity (Wildman–Crippen MR) is 87.2 cm³/mol. The largest absolute Gasteiger partial charge is 0.461 e. The zero-order chi connectivity index (χ0) is 16.7. The average Bonchev–Trinajstić information content (AvgIpc) is 2.47. The number of hydrogen-bond donors (Lipinski definition) is 0. The lowest BCUT2D eigenvalue weighted by atomic mass is 10.1. The molecule has 22 heavy (non-hydrogen) atoms. The summed E-state index contributed by atoms with van der Waals surface area (Å²) in [5.41, 5.74) is 0. The molecule has 0 fully saturated rings. The number of esters is 1. The first kappa shape index (κ1) is 21.1. The topological polar surface area (TPSA) is 26.3 Å². The third-order valence-electron chi connectivity index (χ3n) is 3.55. The van der Waals surface area contributed by atoms with E-state index in [2.05, 4.69) is 6.92 Å². The maximum atomic E-state index is 13.4. The molecule has 0 N–H and O–H groups in total. The summed E-state index contributed by atoms with van der Waals surface area (Å²) in [7, 11) is 0. The first-order valence-corrected chi connectivity index (χ1v) is 8.73. The molecule has 0 atom stereocenters. The van der Waals surface area contributed by atoms with Gasteiger partial charge in [0.25, 0.3) is 5.92 Å². The molecule has 0 aromatic carbocycles. The molecule has 0 aliphatic rings. The zero-order valence-corrected chi connectivity index (χ0v) is 14.2. The highest BCUT2D eigenvalue weighted by atomic mass is 19.3. The monoisotopic (exact) mass is 318 g/mol. The first-order chi connectivity index (χ1) is 10.5. The second-order valence-corrected chi connectivity index (χ2v) is 5.82. The number of unbranched alkanes of at least 4 members (excludes halogenated alkanes) is 7. The summed E-state index contributed by atoms with van der Waals surface area (Å²) >= 11 is 0. The summed E-state index contributed by atoms with van der Waals surface area (Å²) in [4.78, 5) is 11.4. The van der Waals surface area contributed by atoms with Gasteiger partial charge in [0.2, 0.25) is 0 Å². The van der Waals surface area contributed by atoms with Crippen molar-refractivity contribution in [3.63, 3.8) is 0 Å². The van der Waals surface area contributed by atoms with Crippen molar-refractivity contribution in [2.75, 3.05) is 6.61 Å². The van der Waals surface area contributed by atoms with E-state index in [0.29, 0.717) is 12.8 Å². The number of rotatable bonds is 14. The normalized spacial score (nSPS) is 12.0. The molecule has 0 aliphatic carbocycles. The summed E-state index contributed by atoms with van der Waals surface area (Å²) in [5.74, 6) is -3.09. The van der Waals surface area contributed by atoms with Gasteiger partial charge >= 0.3 is 5.97 Å². The lowest BCUT2D eigenvalue weighted by molar-refractivity contribution is -0.142. The Morgan fingerprint density at radius 1 is 0.955 bits per heavy atom. The SMILES string of the molecule is CCCCCCCCC(=O)OCC=CC(F)(F)CCCCC. The summed E-state index contributed by atoms with van der Waals surface area (Å²) < 4.78 is 31.7. The van der Waals surface area contributed by atoms with Gasteiger partial charge in [-0.15, -0.1) is 0 Å². The molecule has 0 rings (SSSR count). The van der Waals surface area contributed by atoms with E-state index < -0.39 is 5.92 Å². The maximum absolute atomic E-state index is 13.4. The fraction of sp³-hybridized carbons (Fsp3) is 0.833. The Morgan fingerprint density at radius 3 is 2.23 bits per heavy atom. The van der Waals surface area contributed by atoms with E-state index in [1.807, 2.05) is 6.92 Å². The number of alkyl halides is 2. The maximum Gasteiger partial charge on any atom is 0.306 e. The standard InChI is InChI=1S/C18H32F2O2/c1-3-5-7-8-9-10-13-17(21)22-16-12-15-18(19,20)14-11-6-4-2/h12,15H,3-11,13-14,16H2,1-2H3. The minimum Gasteiger partial charge on any atom is -0.461 e. The highest BCUT2D eigenvalue weighted by molar-refractivity contribution is 5.69. The molecule has 0 bridgehead atoms. The van der Waals surface area contributed by atoms with Crippen LogP contribution in [0.3, 0.4) is 0 Å². The smallest absolute Gasteiger partial charge is 0.306 e. The van der Waals surface area contributed by atoms with Crippen molar-refractivity contribution >= 4 is 5.97 Å². The van der Waals surface area contributed by atoms with Gasteiger partial charge in [-0.25, -0.2) is 8.78 Å². The molecule has 0 spiro atoms. The van der Waals surface area contributed by atoms with Crippen molar-refractivity contribution in [2.45, 2.75) is 90.4 Å². The van der Waals surface area contributed by atoms with Gasteiger partial charge in [-0.3, -0.25) is 4.79 Å². The molecule has 0 aromatic rings. The second kappa shape index (κ2) is 13.7. The van der Waals surface area contributed by atoms with Gasteiger partial charge in [-0.1, -0.05) is 58.8 Å². The van der Waals surface area contributed by atoms with E-state index in [1.54, 1.807) is 0 Å². The summed E-state index contributed by atoms with van der Waals surface area (Å²) in [6.45, 7) is 4.09. The van der Waals surface area contributed by atoms with E-state index in [1.165, 1.54) is 25.3 Å². The highest BCUT2D eigenvalue weighted by Crippen LogP contribution is 2.23. The van der Waals surface area contributed by atoms with Crippen molar-refractivity contribution in [3.05, 3.63) is 12.2 Å². The molecule has 0 heterocycles. The number of carbonyl (C=O) groups excluding carboxylic acids is 1. The first-order valence-electron chi connectivity index (χ1n) is 8.73. The summed E-state index contributed by atoms with van der Waals surface area (Å²) in [5, 5.41) is 0. The van der Waals surface area contributed by atoms with Crippen LogP contribution >= 0.6 is 0 Å². The summed E-state index contributed by atoms with van der Waals surface area (Å²) in [6.07, 6.45) is 11.3. The van der Waals surface area contributed by atoms with E-state index in [0.717, 1.165) is 38.2 Å². The van der Waals surface area contributed by atoms with E-state index in [4.69, 9.17) is 4.74 Å². The lowest BCUT2D eigenvalue weighted by Crippen LogP contribution is -2.12. The molecule has 0 saturated carbocycles. The van der Waals surface area contributed by atoms with E-state index >= 15 is 0 Å². The molecule has 0 radical (unpaired) electrons. The van der Waals surface area contributed by atoms with Crippen molar-refractivity contribution in [1.29, 1.82) is 0 Å². The molecule has 0 unspecified atom stereocenters. The molecule has 4 heteroatoms. The molecule has 0 aromatic heterocycles. The van der Waals surface area contributed by atoms with Crippen LogP contribution in [0.1, 0.15) is 84.5 Å². The van der Waals surface area contributed by atoms with Crippen LogP contribution in [0.15, 0.2) is 12.2 Å². The Hall–Kier alpha value is -0.930. The van der Waals surface area contributed by atoms with Crippen LogP contribution in [0.2, 0.25) is 0 Å². The third kappa shape index (κ3) is 14.0. The van der Waals surface area contributed by atoms with Gasteiger partial charge in [0.05, 0.1) is 0 Å². The Morgan fingerprint density at radius 2 is 1.55 bits per heavy atom. The van der Waals surface area contributed by atoms with Crippen LogP contribution in [-0.2, 0) is 9.53 Å². The molecule has 0 amide bonds. The fourth-order valence-electron chi connectivity index (χ4n) is 2.18. The molecule has 130 valence electrons.